The number of halogens is 1. The normalized spacial score (nSPS) is 12.1. The van der Waals surface area contributed by atoms with E-state index in [1.807, 2.05) is 44.3 Å². The van der Waals surface area contributed by atoms with Crippen LogP contribution >= 0.6 is 22.9 Å². The van der Waals surface area contributed by atoms with Gasteiger partial charge in [-0.25, -0.2) is 4.98 Å². The monoisotopic (exact) mass is 418 g/mol. The molecule has 2 aromatic heterocycles. The smallest absolute Gasteiger partial charge is 0.268 e. The number of hydrogen-bond donors (Lipinski definition) is 4. The molecule has 0 bridgehead atoms. The zero-order chi connectivity index (χ0) is 20.1. The van der Waals surface area contributed by atoms with Crippen molar-refractivity contribution < 1.29 is 9.90 Å². The molecule has 6 nitrogen and oxygen atoms in total. The molecule has 0 aliphatic carbocycles. The third kappa shape index (κ3) is 4.80. The van der Waals surface area contributed by atoms with Gasteiger partial charge in [-0.1, -0.05) is 23.7 Å². The molecule has 4 N–H and O–H groups in total. The first kappa shape index (κ1) is 20.5. The van der Waals surface area contributed by atoms with Crippen LogP contribution < -0.4 is 10.6 Å². The predicted molar refractivity (Wildman–Crippen MR) is 113 cm³/mol. The molecule has 1 aromatic carbocycles. The lowest BCUT2D eigenvalue weighted by Gasteiger charge is -2.16. The molecule has 8 heteroatoms. The number of aromatic amines is 1. The topological polar surface area (TPSA) is 90.0 Å². The van der Waals surface area contributed by atoms with Crippen LogP contribution in [0.1, 0.15) is 38.5 Å². The number of aliphatic hydroxyl groups is 1. The number of nitrogens with one attached hydrogen (secondary N) is 3. The van der Waals surface area contributed by atoms with Crippen molar-refractivity contribution in [3.63, 3.8) is 0 Å². The van der Waals surface area contributed by atoms with Gasteiger partial charge in [-0.15, -0.1) is 11.3 Å². The first-order chi connectivity index (χ1) is 13.5. The Labute approximate surface area is 173 Å². The van der Waals surface area contributed by atoms with Crippen LogP contribution in [0.25, 0.3) is 11.3 Å². The maximum absolute atomic E-state index is 12.8. The number of aryl methyl sites for hydroxylation is 1. The lowest BCUT2D eigenvalue weighted by atomic mass is 10.2. The predicted octanol–water partition coefficient (Wildman–Crippen LogP) is 3.67. The summed E-state index contributed by atoms with van der Waals surface area (Å²) < 4.78 is 0. The van der Waals surface area contributed by atoms with Crippen LogP contribution in [-0.2, 0) is 6.61 Å². The number of rotatable bonds is 8. The third-order valence-corrected chi connectivity index (χ3v) is 5.90. The molecule has 2 heterocycles. The molecular formula is C20H23ClN4O2S. The van der Waals surface area contributed by atoms with Gasteiger partial charge in [0.15, 0.2) is 0 Å². The number of amides is 1. The van der Waals surface area contributed by atoms with E-state index in [9.17, 15) is 9.90 Å². The highest BCUT2D eigenvalue weighted by Gasteiger charge is 2.21. The van der Waals surface area contributed by atoms with Crippen LogP contribution in [-0.4, -0.2) is 34.6 Å². The van der Waals surface area contributed by atoms with E-state index in [0.29, 0.717) is 17.1 Å². The van der Waals surface area contributed by atoms with E-state index in [2.05, 4.69) is 20.6 Å². The minimum absolute atomic E-state index is 0.0458. The molecule has 28 heavy (non-hydrogen) atoms. The summed E-state index contributed by atoms with van der Waals surface area (Å²) in [5, 5.41) is 17.0. The Bertz CT molecular complexity index is 953. The number of nitrogens with zero attached hydrogens (tertiary/aromatic N) is 1. The maximum atomic E-state index is 12.8. The standard InChI is InChI=1S/C20H23ClN4O2S/c1-12-18(11-26)28-20(23-12)17(8-9-22-2)25-19(27)16-7-6-15(24-16)13-4-3-5-14(21)10-13/h3-7,10,17,22,24,26H,8-9,11H2,1-2H3,(H,25,27). The van der Waals surface area contributed by atoms with E-state index in [1.54, 1.807) is 6.07 Å². The second-order valence-corrected chi connectivity index (χ2v) is 7.98. The highest BCUT2D eigenvalue weighted by molar-refractivity contribution is 7.11. The Balaban J connectivity index is 1.78. The summed E-state index contributed by atoms with van der Waals surface area (Å²) in [5.41, 5.74) is 3.02. The molecule has 0 saturated heterocycles. The third-order valence-electron chi connectivity index (χ3n) is 4.41. The van der Waals surface area contributed by atoms with Crippen molar-refractivity contribution in [2.75, 3.05) is 13.6 Å². The molecular weight excluding hydrogens is 396 g/mol. The van der Waals surface area contributed by atoms with E-state index >= 15 is 0 Å². The van der Waals surface area contributed by atoms with Gasteiger partial charge in [0.2, 0.25) is 0 Å². The Morgan fingerprint density at radius 3 is 2.86 bits per heavy atom. The van der Waals surface area contributed by atoms with E-state index in [4.69, 9.17) is 11.6 Å². The molecule has 3 rings (SSSR count). The molecule has 1 unspecified atom stereocenters. The van der Waals surface area contributed by atoms with Crippen LogP contribution in [0, 0.1) is 6.92 Å². The molecule has 148 valence electrons. The van der Waals surface area contributed by atoms with Gasteiger partial charge in [0, 0.05) is 10.7 Å². The number of carbonyl (C=O) groups is 1. The fourth-order valence-corrected chi connectivity index (χ4v) is 4.08. The Morgan fingerprint density at radius 2 is 2.18 bits per heavy atom. The second-order valence-electron chi connectivity index (χ2n) is 6.43. The van der Waals surface area contributed by atoms with Gasteiger partial charge in [0.05, 0.1) is 23.2 Å². The second kappa shape index (κ2) is 9.34. The average Bonchev–Trinajstić information content (AvgIpc) is 3.32. The van der Waals surface area contributed by atoms with Gasteiger partial charge in [0.25, 0.3) is 5.91 Å². The highest BCUT2D eigenvalue weighted by atomic mass is 35.5. The summed E-state index contributed by atoms with van der Waals surface area (Å²) in [4.78, 5) is 21.3. The number of aromatic nitrogens is 2. The SMILES string of the molecule is CNCCC(NC(=O)c1ccc(-c2cccc(Cl)c2)[nH]1)c1nc(C)c(CO)s1. The number of hydrogen-bond acceptors (Lipinski definition) is 5. The lowest BCUT2D eigenvalue weighted by Crippen LogP contribution is -2.30. The van der Waals surface area contributed by atoms with Gasteiger partial charge < -0.3 is 20.7 Å². The fourth-order valence-electron chi connectivity index (χ4n) is 2.88. The molecule has 0 saturated carbocycles. The molecule has 0 aliphatic rings. The largest absolute Gasteiger partial charge is 0.391 e. The van der Waals surface area contributed by atoms with Gasteiger partial charge >= 0.3 is 0 Å². The maximum Gasteiger partial charge on any atom is 0.268 e. The summed E-state index contributed by atoms with van der Waals surface area (Å²) in [6.45, 7) is 2.55. The average molecular weight is 419 g/mol. The van der Waals surface area contributed by atoms with E-state index in [0.717, 1.165) is 33.4 Å². The Morgan fingerprint density at radius 1 is 1.36 bits per heavy atom. The minimum atomic E-state index is -0.234. The Kier molecular flexibility index (Phi) is 6.85. The number of H-pyrrole nitrogens is 1. The van der Waals surface area contributed by atoms with Crippen molar-refractivity contribution in [3.05, 3.63) is 62.7 Å². The zero-order valence-corrected chi connectivity index (χ0v) is 17.3. The molecule has 1 amide bonds. The minimum Gasteiger partial charge on any atom is -0.391 e. The molecule has 1 atom stereocenters. The number of benzene rings is 1. The Hall–Kier alpha value is -2.19. The summed E-state index contributed by atoms with van der Waals surface area (Å²) in [6, 6.07) is 10.8. The first-order valence-corrected chi connectivity index (χ1v) is 10.2. The van der Waals surface area contributed by atoms with E-state index in [1.165, 1.54) is 11.3 Å². The van der Waals surface area contributed by atoms with Crippen molar-refractivity contribution >= 4 is 28.8 Å². The van der Waals surface area contributed by atoms with Crippen LogP contribution in [0.5, 0.6) is 0 Å². The van der Waals surface area contributed by atoms with Gasteiger partial charge in [0.1, 0.15) is 10.7 Å². The summed E-state index contributed by atoms with van der Waals surface area (Å²) >= 11 is 7.48. The van der Waals surface area contributed by atoms with Crippen molar-refractivity contribution in [3.8, 4) is 11.3 Å². The van der Waals surface area contributed by atoms with E-state index in [-0.39, 0.29) is 18.6 Å². The van der Waals surface area contributed by atoms with Crippen LogP contribution in [0.2, 0.25) is 5.02 Å². The number of thiazole rings is 1. The van der Waals surface area contributed by atoms with Crippen molar-refractivity contribution in [1.82, 2.24) is 20.6 Å². The lowest BCUT2D eigenvalue weighted by molar-refractivity contribution is 0.0930. The van der Waals surface area contributed by atoms with Gasteiger partial charge in [-0.2, -0.15) is 0 Å². The molecule has 0 fully saturated rings. The molecule has 3 aromatic rings. The van der Waals surface area contributed by atoms with Crippen LogP contribution in [0.15, 0.2) is 36.4 Å². The van der Waals surface area contributed by atoms with Gasteiger partial charge in [-0.3, -0.25) is 4.79 Å². The summed E-state index contributed by atoms with van der Waals surface area (Å²) in [5.74, 6) is -0.201. The van der Waals surface area contributed by atoms with Crippen LogP contribution in [0.4, 0.5) is 0 Å². The molecule has 0 radical (unpaired) electrons. The van der Waals surface area contributed by atoms with Crippen molar-refractivity contribution in [2.24, 2.45) is 0 Å². The quantitative estimate of drug-likeness (QED) is 0.449. The zero-order valence-electron chi connectivity index (χ0n) is 15.8. The summed E-state index contributed by atoms with van der Waals surface area (Å²) in [7, 11) is 1.87. The fraction of sp³-hybridized carbons (Fsp3) is 0.300. The van der Waals surface area contributed by atoms with E-state index < -0.39 is 0 Å². The molecule has 0 aliphatic heterocycles. The molecule has 0 spiro atoms. The van der Waals surface area contributed by atoms with Gasteiger partial charge in [-0.05, 0) is 56.8 Å². The van der Waals surface area contributed by atoms with Crippen LogP contribution in [0.3, 0.4) is 0 Å². The first-order valence-electron chi connectivity index (χ1n) is 8.99. The highest BCUT2D eigenvalue weighted by Crippen LogP contribution is 2.26. The summed E-state index contributed by atoms with van der Waals surface area (Å²) in [6.07, 6.45) is 0.696. The number of carbonyl (C=O) groups excluding carboxylic acids is 1. The number of aliphatic hydroxyl groups excluding tert-OH is 1. The van der Waals surface area contributed by atoms with Crippen molar-refractivity contribution in [2.45, 2.75) is 26.0 Å². The van der Waals surface area contributed by atoms with Crippen molar-refractivity contribution in [1.29, 1.82) is 0 Å².